The van der Waals surface area contributed by atoms with Crippen molar-refractivity contribution in [1.29, 1.82) is 0 Å². The van der Waals surface area contributed by atoms with Crippen LogP contribution in [0.5, 0.6) is 5.75 Å². The zero-order valence-corrected chi connectivity index (χ0v) is 20.8. The Balaban J connectivity index is 1.65. The fourth-order valence-electron chi connectivity index (χ4n) is 5.24. The van der Waals surface area contributed by atoms with E-state index in [-0.39, 0.29) is 17.8 Å². The van der Waals surface area contributed by atoms with Gasteiger partial charge in [-0.3, -0.25) is 19.1 Å². The van der Waals surface area contributed by atoms with Crippen molar-refractivity contribution in [2.24, 2.45) is 7.05 Å². The zero-order chi connectivity index (χ0) is 25.0. The Morgan fingerprint density at radius 2 is 2.08 bits per heavy atom. The maximum Gasteiger partial charge on any atom is 0.329 e. The van der Waals surface area contributed by atoms with Crippen LogP contribution >= 0.6 is 0 Å². The van der Waals surface area contributed by atoms with Crippen LogP contribution in [0, 0.1) is 13.8 Å². The first-order chi connectivity index (χ1) is 17.4. The molecule has 1 aliphatic heterocycles. The van der Waals surface area contributed by atoms with E-state index in [1.165, 1.54) is 0 Å². The molecule has 0 amide bonds. The van der Waals surface area contributed by atoms with Crippen molar-refractivity contribution in [3.8, 4) is 16.9 Å². The van der Waals surface area contributed by atoms with Crippen LogP contribution in [0.15, 0.2) is 52.0 Å². The third-order valence-electron chi connectivity index (χ3n) is 7.13. The van der Waals surface area contributed by atoms with E-state index < -0.39 is 0 Å². The second-order valence-electron chi connectivity index (χ2n) is 9.43. The number of nitrogens with one attached hydrogen (secondary N) is 1. The van der Waals surface area contributed by atoms with Crippen LogP contribution in [0.4, 0.5) is 0 Å². The van der Waals surface area contributed by atoms with E-state index in [1.54, 1.807) is 28.6 Å². The molecule has 0 radical (unpaired) electrons. The van der Waals surface area contributed by atoms with Gasteiger partial charge < -0.3 is 14.6 Å². The lowest BCUT2D eigenvalue weighted by molar-refractivity contribution is 0.224. The minimum atomic E-state index is -0.265. The maximum absolute atomic E-state index is 13.5. The first kappa shape index (κ1) is 22.5. The molecule has 1 N–H and O–H groups in total. The van der Waals surface area contributed by atoms with Crippen LogP contribution in [0.1, 0.15) is 36.5 Å². The third-order valence-corrected chi connectivity index (χ3v) is 7.13. The highest BCUT2D eigenvalue weighted by Crippen LogP contribution is 2.40. The van der Waals surface area contributed by atoms with Gasteiger partial charge in [0.25, 0.3) is 0 Å². The minimum Gasteiger partial charge on any atom is -0.488 e. The molecule has 6 rings (SSSR count). The summed E-state index contributed by atoms with van der Waals surface area (Å²) >= 11 is 0. The molecule has 2 atom stereocenters. The molecule has 9 nitrogen and oxygen atoms in total. The smallest absolute Gasteiger partial charge is 0.329 e. The highest BCUT2D eigenvalue weighted by molar-refractivity contribution is 6.05. The van der Waals surface area contributed by atoms with Crippen molar-refractivity contribution in [1.82, 2.24) is 29.6 Å². The van der Waals surface area contributed by atoms with E-state index in [0.717, 1.165) is 75.5 Å². The molecule has 1 saturated heterocycles. The number of rotatable bonds is 5. The number of aryl methyl sites for hydroxylation is 3. The molecule has 0 aliphatic carbocycles. The number of fused-ring (bicyclic) bond motifs is 3. The van der Waals surface area contributed by atoms with Crippen LogP contribution in [0.2, 0.25) is 0 Å². The van der Waals surface area contributed by atoms with Crippen LogP contribution in [-0.4, -0.2) is 43.5 Å². The second kappa shape index (κ2) is 8.60. The van der Waals surface area contributed by atoms with Gasteiger partial charge in [-0.25, -0.2) is 4.79 Å². The molecular formula is C27H28N6O3. The van der Waals surface area contributed by atoms with Gasteiger partial charge in [0.1, 0.15) is 17.6 Å². The SMILES string of the molecule is Cc1noc(C)c1-c1cc2ncc3c(c2cc1O[C@H]1CCNC1)n(C(C)c1ccccn1)c(=O)n3C. The summed E-state index contributed by atoms with van der Waals surface area (Å²) < 4.78 is 15.5. The summed E-state index contributed by atoms with van der Waals surface area (Å²) in [6.45, 7) is 7.53. The summed E-state index contributed by atoms with van der Waals surface area (Å²) in [5.41, 5.74) is 5.63. The molecule has 9 heteroatoms. The summed E-state index contributed by atoms with van der Waals surface area (Å²) in [4.78, 5) is 22.7. The molecule has 184 valence electrons. The Labute approximate surface area is 207 Å². The number of benzene rings is 1. The number of hydrogen-bond donors (Lipinski definition) is 1. The van der Waals surface area contributed by atoms with Gasteiger partial charge in [-0.05, 0) is 58.0 Å². The lowest BCUT2D eigenvalue weighted by Gasteiger charge is -2.18. The molecular weight excluding hydrogens is 456 g/mol. The van der Waals surface area contributed by atoms with Crippen molar-refractivity contribution >= 4 is 21.9 Å². The van der Waals surface area contributed by atoms with E-state index in [1.807, 2.05) is 51.1 Å². The number of ether oxygens (including phenoxy) is 1. The highest BCUT2D eigenvalue weighted by Gasteiger charge is 2.25. The van der Waals surface area contributed by atoms with Crippen molar-refractivity contribution in [2.75, 3.05) is 13.1 Å². The predicted octanol–water partition coefficient (Wildman–Crippen LogP) is 3.91. The molecule has 0 bridgehead atoms. The van der Waals surface area contributed by atoms with Crippen LogP contribution in [0.3, 0.4) is 0 Å². The standard InChI is InChI=1S/C27H28N6O3/c1-15-25(17(3)36-31-15)20-11-22-19(12-24(20)35-18-8-10-28-13-18)26-23(14-30-22)32(4)27(34)33(26)16(2)21-7-5-6-9-29-21/h5-7,9,11-12,14,16,18,28H,8,10,13H2,1-4H3/t16?,18-/m0/s1. The molecule has 1 unspecified atom stereocenters. The molecule has 1 aliphatic rings. The lowest BCUT2D eigenvalue weighted by atomic mass is 10.00. The Morgan fingerprint density at radius 1 is 1.22 bits per heavy atom. The highest BCUT2D eigenvalue weighted by atomic mass is 16.5. The van der Waals surface area contributed by atoms with E-state index in [4.69, 9.17) is 14.2 Å². The Morgan fingerprint density at radius 3 is 2.78 bits per heavy atom. The van der Waals surface area contributed by atoms with E-state index in [9.17, 15) is 4.79 Å². The molecule has 0 saturated carbocycles. The number of pyridine rings is 2. The lowest BCUT2D eigenvalue weighted by Crippen LogP contribution is -2.25. The number of imidazole rings is 1. The normalized spacial score (nSPS) is 16.7. The topological polar surface area (TPSA) is 100 Å². The zero-order valence-electron chi connectivity index (χ0n) is 20.8. The monoisotopic (exact) mass is 484 g/mol. The maximum atomic E-state index is 13.5. The molecule has 0 spiro atoms. The Kier molecular flexibility index (Phi) is 5.37. The quantitative estimate of drug-likeness (QED) is 0.404. The number of nitrogens with zero attached hydrogens (tertiary/aromatic N) is 5. The molecule has 1 aromatic carbocycles. The van der Waals surface area contributed by atoms with Gasteiger partial charge >= 0.3 is 5.69 Å². The molecule has 4 aromatic heterocycles. The van der Waals surface area contributed by atoms with Gasteiger partial charge in [-0.2, -0.15) is 0 Å². The van der Waals surface area contributed by atoms with Gasteiger partial charge in [0.2, 0.25) is 0 Å². The first-order valence-corrected chi connectivity index (χ1v) is 12.2. The average molecular weight is 485 g/mol. The molecule has 5 aromatic rings. The first-order valence-electron chi connectivity index (χ1n) is 12.2. The minimum absolute atomic E-state index is 0.0549. The van der Waals surface area contributed by atoms with Crippen LogP contribution in [0.25, 0.3) is 33.1 Å². The summed E-state index contributed by atoms with van der Waals surface area (Å²) in [6, 6.07) is 9.53. The molecule has 1 fully saturated rings. The van der Waals surface area contributed by atoms with Crippen LogP contribution in [-0.2, 0) is 7.05 Å². The van der Waals surface area contributed by atoms with Crippen LogP contribution < -0.4 is 15.7 Å². The number of hydrogen-bond acceptors (Lipinski definition) is 7. The Hall–Kier alpha value is -3.98. The average Bonchev–Trinajstić information content (AvgIpc) is 3.58. The van der Waals surface area contributed by atoms with Crippen molar-refractivity contribution in [2.45, 2.75) is 39.3 Å². The van der Waals surface area contributed by atoms with Gasteiger partial charge in [0, 0.05) is 30.7 Å². The van der Waals surface area contributed by atoms with Gasteiger partial charge in [-0.1, -0.05) is 11.2 Å². The predicted molar refractivity (Wildman–Crippen MR) is 137 cm³/mol. The fraction of sp³-hybridized carbons (Fsp3) is 0.333. The Bertz CT molecular complexity index is 1620. The van der Waals surface area contributed by atoms with E-state index in [0.29, 0.717) is 0 Å². The summed E-state index contributed by atoms with van der Waals surface area (Å²) in [6.07, 6.45) is 4.49. The van der Waals surface area contributed by atoms with Gasteiger partial charge in [0.15, 0.2) is 0 Å². The fourth-order valence-corrected chi connectivity index (χ4v) is 5.24. The number of aromatic nitrogens is 5. The largest absolute Gasteiger partial charge is 0.488 e. The van der Waals surface area contributed by atoms with Crippen molar-refractivity contribution in [3.63, 3.8) is 0 Å². The molecule has 5 heterocycles. The second-order valence-corrected chi connectivity index (χ2v) is 9.43. The van der Waals surface area contributed by atoms with E-state index >= 15 is 0 Å². The van der Waals surface area contributed by atoms with E-state index in [2.05, 4.69) is 15.5 Å². The van der Waals surface area contributed by atoms with Gasteiger partial charge in [-0.15, -0.1) is 0 Å². The van der Waals surface area contributed by atoms with Gasteiger partial charge in [0.05, 0.1) is 45.7 Å². The third kappa shape index (κ3) is 3.50. The summed E-state index contributed by atoms with van der Waals surface area (Å²) in [5, 5.41) is 8.38. The molecule has 36 heavy (non-hydrogen) atoms. The van der Waals surface area contributed by atoms with Crippen molar-refractivity contribution in [3.05, 3.63) is 70.4 Å². The summed E-state index contributed by atoms with van der Waals surface area (Å²) in [7, 11) is 1.78. The van der Waals surface area contributed by atoms with Crippen molar-refractivity contribution < 1.29 is 9.26 Å². The summed E-state index contributed by atoms with van der Waals surface area (Å²) in [5.74, 6) is 1.45.